The molecule has 18 heteroatoms. The van der Waals surface area contributed by atoms with Crippen LogP contribution in [0, 0.1) is 13.8 Å². The van der Waals surface area contributed by atoms with Crippen molar-refractivity contribution in [1.29, 1.82) is 0 Å². The van der Waals surface area contributed by atoms with E-state index in [9.17, 15) is 9.59 Å². The van der Waals surface area contributed by atoms with Crippen LogP contribution in [0.4, 0.5) is 5.82 Å². The van der Waals surface area contributed by atoms with Crippen LogP contribution in [0.2, 0.25) is 0 Å². The van der Waals surface area contributed by atoms with Gasteiger partial charge in [0.15, 0.2) is 17.2 Å². The van der Waals surface area contributed by atoms with Gasteiger partial charge in [0, 0.05) is 0 Å². The molecule has 0 bridgehead atoms. The zero-order valence-corrected chi connectivity index (χ0v) is 19.8. The van der Waals surface area contributed by atoms with Crippen molar-refractivity contribution in [3.05, 3.63) is 65.7 Å². The van der Waals surface area contributed by atoms with E-state index < -0.39 is 11.9 Å². The molecule has 38 heavy (non-hydrogen) atoms. The number of aromatic carboxylic acids is 2. The van der Waals surface area contributed by atoms with E-state index in [0.717, 1.165) is 10.2 Å². The van der Waals surface area contributed by atoms with E-state index >= 15 is 0 Å². The minimum atomic E-state index is -1.18. The Kier molecular flexibility index (Phi) is 7.06. The molecule has 0 amide bonds. The highest BCUT2D eigenvalue weighted by atomic mass is 16.4. The summed E-state index contributed by atoms with van der Waals surface area (Å²) < 4.78 is 3.82. The zero-order chi connectivity index (χ0) is 27.4. The van der Waals surface area contributed by atoms with Crippen LogP contribution >= 0.6 is 0 Å². The minimum absolute atomic E-state index is 0.0584. The number of aromatic nitrogens is 12. The SMILES string of the molecule is Cc1nc2nccnn2c1C(=O)O.Cc1nc2nccnn2c1CO.Nc1nc2nccnn2c1C(=O)O. The molecule has 0 aliphatic heterocycles. The number of carboxylic acids is 2. The molecule has 6 rings (SSSR count). The summed E-state index contributed by atoms with van der Waals surface area (Å²) in [6, 6.07) is 0. The van der Waals surface area contributed by atoms with E-state index in [1.807, 2.05) is 6.92 Å². The second-order valence-corrected chi connectivity index (χ2v) is 7.27. The van der Waals surface area contributed by atoms with Gasteiger partial charge >= 0.3 is 11.9 Å². The molecule has 0 saturated carbocycles. The molecule has 0 fully saturated rings. The van der Waals surface area contributed by atoms with Gasteiger partial charge in [-0.1, -0.05) is 0 Å². The van der Waals surface area contributed by atoms with Crippen LogP contribution in [0.15, 0.2) is 37.2 Å². The molecule has 0 radical (unpaired) electrons. The molecule has 0 saturated heterocycles. The van der Waals surface area contributed by atoms with Crippen molar-refractivity contribution >= 4 is 35.1 Å². The van der Waals surface area contributed by atoms with Crippen LogP contribution in [0.5, 0.6) is 0 Å². The Hall–Kier alpha value is -5.65. The van der Waals surface area contributed by atoms with Crippen molar-refractivity contribution in [3.8, 4) is 0 Å². The number of fused-ring (bicyclic) bond motifs is 3. The molecule has 0 aromatic carbocycles. The summed E-state index contributed by atoms with van der Waals surface area (Å²) in [7, 11) is 0. The van der Waals surface area contributed by atoms with Crippen LogP contribution in [-0.2, 0) is 6.61 Å². The van der Waals surface area contributed by atoms with E-state index in [4.69, 9.17) is 21.1 Å². The van der Waals surface area contributed by atoms with E-state index in [-0.39, 0.29) is 29.6 Å². The van der Waals surface area contributed by atoms with Gasteiger partial charge in [-0.25, -0.2) is 34.5 Å². The average molecular weight is 521 g/mol. The summed E-state index contributed by atoms with van der Waals surface area (Å²) in [5.41, 5.74) is 7.13. The summed E-state index contributed by atoms with van der Waals surface area (Å²) in [5, 5.41) is 38.1. The predicted octanol–water partition coefficient (Wildman–Crippen LogP) is -0.539. The van der Waals surface area contributed by atoms with E-state index in [1.54, 1.807) is 19.3 Å². The maximum absolute atomic E-state index is 10.8. The fraction of sp³-hybridized carbons (Fsp3) is 0.150. The minimum Gasteiger partial charge on any atom is -0.476 e. The largest absolute Gasteiger partial charge is 0.476 e. The van der Waals surface area contributed by atoms with Gasteiger partial charge in [-0.2, -0.15) is 33.8 Å². The van der Waals surface area contributed by atoms with Crippen molar-refractivity contribution in [1.82, 2.24) is 58.7 Å². The number of aryl methyl sites for hydroxylation is 2. The molecule has 6 aromatic rings. The lowest BCUT2D eigenvalue weighted by Gasteiger charge is -1.94. The van der Waals surface area contributed by atoms with Gasteiger partial charge in [0.05, 0.1) is 60.9 Å². The highest BCUT2D eigenvalue weighted by Gasteiger charge is 2.17. The van der Waals surface area contributed by atoms with Crippen LogP contribution in [0.3, 0.4) is 0 Å². The van der Waals surface area contributed by atoms with Gasteiger partial charge in [-0.05, 0) is 13.8 Å². The molecule has 18 nitrogen and oxygen atoms in total. The second-order valence-electron chi connectivity index (χ2n) is 7.27. The Morgan fingerprint density at radius 2 is 1.16 bits per heavy atom. The lowest BCUT2D eigenvalue weighted by Crippen LogP contribution is -2.07. The van der Waals surface area contributed by atoms with Crippen molar-refractivity contribution in [2.45, 2.75) is 20.5 Å². The Labute approximate surface area is 211 Å². The second kappa shape index (κ2) is 10.5. The molecule has 0 atom stereocenters. The number of nitrogens with two attached hydrogens (primary N) is 1. The predicted molar refractivity (Wildman–Crippen MR) is 126 cm³/mol. The average Bonchev–Trinajstić information content (AvgIpc) is 3.52. The van der Waals surface area contributed by atoms with E-state index in [1.165, 1.54) is 33.8 Å². The lowest BCUT2D eigenvalue weighted by atomic mass is 10.3. The van der Waals surface area contributed by atoms with Crippen molar-refractivity contribution in [2.24, 2.45) is 0 Å². The van der Waals surface area contributed by atoms with E-state index in [0.29, 0.717) is 22.9 Å². The van der Waals surface area contributed by atoms with Crippen molar-refractivity contribution in [3.63, 3.8) is 0 Å². The molecular formula is C20H19N13O5. The fourth-order valence-corrected chi connectivity index (χ4v) is 3.26. The van der Waals surface area contributed by atoms with Gasteiger partial charge in [0.25, 0.3) is 17.3 Å². The first-order chi connectivity index (χ1) is 18.2. The zero-order valence-electron chi connectivity index (χ0n) is 19.8. The van der Waals surface area contributed by atoms with Gasteiger partial charge in [-0.3, -0.25) is 0 Å². The Morgan fingerprint density at radius 3 is 1.68 bits per heavy atom. The highest BCUT2D eigenvalue weighted by Crippen LogP contribution is 2.10. The Bertz CT molecular complexity index is 1680. The maximum atomic E-state index is 10.8. The summed E-state index contributed by atoms with van der Waals surface area (Å²) in [6.45, 7) is 3.37. The number of aliphatic hydroxyl groups is 1. The number of aliphatic hydroxyl groups excluding tert-OH is 1. The van der Waals surface area contributed by atoms with E-state index in [2.05, 4.69) is 45.2 Å². The van der Waals surface area contributed by atoms with Crippen LogP contribution in [0.25, 0.3) is 17.3 Å². The number of carboxylic acid groups (broad SMARTS) is 2. The molecule has 194 valence electrons. The summed E-state index contributed by atoms with van der Waals surface area (Å²) in [5.74, 6) is -1.30. The van der Waals surface area contributed by atoms with Gasteiger partial charge in [0.2, 0.25) is 0 Å². The first-order valence-corrected chi connectivity index (χ1v) is 10.6. The third kappa shape index (κ3) is 4.86. The first-order valence-electron chi connectivity index (χ1n) is 10.6. The van der Waals surface area contributed by atoms with Crippen molar-refractivity contribution in [2.75, 3.05) is 5.73 Å². The topological polar surface area (TPSA) is 250 Å². The smallest absolute Gasteiger partial charge is 0.358 e. The molecule has 6 aromatic heterocycles. The monoisotopic (exact) mass is 521 g/mol. The molecule has 6 heterocycles. The number of nitrogen functional groups attached to an aromatic ring is 1. The molecule has 0 unspecified atom stereocenters. The third-order valence-electron chi connectivity index (χ3n) is 4.88. The highest BCUT2D eigenvalue weighted by molar-refractivity contribution is 5.91. The number of hydrogen-bond donors (Lipinski definition) is 4. The lowest BCUT2D eigenvalue weighted by molar-refractivity contribution is 0.0677. The molecule has 0 aliphatic rings. The molecule has 0 spiro atoms. The number of nitrogens with zero attached hydrogens (tertiary/aromatic N) is 12. The third-order valence-corrected chi connectivity index (χ3v) is 4.88. The number of carbonyl (C=O) groups is 2. The van der Waals surface area contributed by atoms with Gasteiger partial charge in [0.1, 0.15) is 0 Å². The number of rotatable bonds is 3. The van der Waals surface area contributed by atoms with Crippen LogP contribution < -0.4 is 5.73 Å². The quantitative estimate of drug-likeness (QED) is 0.228. The molecule has 0 aliphatic carbocycles. The maximum Gasteiger partial charge on any atom is 0.358 e. The summed E-state index contributed by atoms with van der Waals surface area (Å²) in [4.78, 5) is 44.9. The first kappa shape index (κ1) is 25.4. The standard InChI is InChI=1S/C7H6N4O2.C7H8N4O.C6H5N5O2/c1-4-5(6(12)13)11-7(10-4)8-2-3-9-11;1-5-6(4-12)11-7(10-5)8-2-3-9-11;7-4-3(5(12)13)11-6(10-4)8-1-2-9-11/h2-3H,1H3,(H,12,13);2-3,12H,4H2,1H3;1-2H,7H2,(H,12,13). The normalized spacial score (nSPS) is 10.6. The van der Waals surface area contributed by atoms with Gasteiger partial charge in [-0.15, -0.1) is 0 Å². The fourth-order valence-electron chi connectivity index (χ4n) is 3.26. The van der Waals surface area contributed by atoms with Crippen molar-refractivity contribution < 1.29 is 24.9 Å². The van der Waals surface area contributed by atoms with Gasteiger partial charge < -0.3 is 21.1 Å². The number of hydrogen-bond acceptors (Lipinski definition) is 13. The van der Waals surface area contributed by atoms with Crippen LogP contribution in [-0.4, -0.2) is 86.0 Å². The number of imidazole rings is 3. The Balaban J connectivity index is 0.000000133. The summed E-state index contributed by atoms with van der Waals surface area (Å²) >= 11 is 0. The summed E-state index contributed by atoms with van der Waals surface area (Å²) in [6.07, 6.45) is 8.79. The van der Waals surface area contributed by atoms with Crippen LogP contribution in [0.1, 0.15) is 38.1 Å². The number of anilines is 1. The molecule has 5 N–H and O–H groups in total. The Morgan fingerprint density at radius 1 is 0.711 bits per heavy atom. The molecular weight excluding hydrogens is 502 g/mol.